The summed E-state index contributed by atoms with van der Waals surface area (Å²) < 4.78 is 10.3. The molecule has 0 bridgehead atoms. The Kier molecular flexibility index (Phi) is 5.79. The van der Waals surface area contributed by atoms with E-state index in [9.17, 15) is 24.5 Å². The van der Waals surface area contributed by atoms with Crippen molar-refractivity contribution in [2.75, 3.05) is 0 Å². The number of benzene rings is 3. The van der Waals surface area contributed by atoms with E-state index in [0.717, 1.165) is 4.90 Å². The third-order valence-corrected chi connectivity index (χ3v) is 5.54. The Bertz CT molecular complexity index is 1460. The number of non-ortho nitro benzene ring substituents is 1. The zero-order valence-electron chi connectivity index (χ0n) is 18.5. The van der Waals surface area contributed by atoms with E-state index in [-0.39, 0.29) is 47.9 Å². The zero-order valence-corrected chi connectivity index (χ0v) is 18.5. The highest BCUT2D eigenvalue weighted by Crippen LogP contribution is 2.24. The van der Waals surface area contributed by atoms with Crippen molar-refractivity contribution in [2.45, 2.75) is 13.2 Å². The first-order valence-corrected chi connectivity index (χ1v) is 10.7. The Labute approximate surface area is 203 Å². The third-order valence-electron chi connectivity index (χ3n) is 5.54. The van der Waals surface area contributed by atoms with E-state index < -0.39 is 10.9 Å². The van der Waals surface area contributed by atoms with Gasteiger partial charge in [-0.1, -0.05) is 29.4 Å². The Hall–Kier alpha value is -5.19. The number of aromatic nitrogens is 2. The Morgan fingerprint density at radius 1 is 0.944 bits per heavy atom. The maximum Gasteiger partial charge on any atom is 0.338 e. The largest absolute Gasteiger partial charge is 0.452 e. The molecule has 0 aliphatic carbocycles. The van der Waals surface area contributed by atoms with Crippen LogP contribution in [-0.2, 0) is 17.9 Å². The van der Waals surface area contributed by atoms with Gasteiger partial charge in [-0.2, -0.15) is 4.98 Å². The van der Waals surface area contributed by atoms with Crippen LogP contribution in [0.3, 0.4) is 0 Å². The first-order valence-electron chi connectivity index (χ1n) is 10.7. The van der Waals surface area contributed by atoms with Crippen molar-refractivity contribution in [1.82, 2.24) is 15.0 Å². The number of nitro groups is 1. The lowest BCUT2D eigenvalue weighted by Crippen LogP contribution is -2.29. The van der Waals surface area contributed by atoms with Crippen LogP contribution in [0.25, 0.3) is 11.4 Å². The molecule has 0 saturated heterocycles. The third kappa shape index (κ3) is 4.32. The number of nitro benzene ring substituents is 1. The number of esters is 1. The molecule has 3 aromatic carbocycles. The van der Waals surface area contributed by atoms with Gasteiger partial charge in [-0.15, -0.1) is 0 Å². The van der Waals surface area contributed by atoms with E-state index in [2.05, 4.69) is 10.1 Å². The summed E-state index contributed by atoms with van der Waals surface area (Å²) in [7, 11) is 0. The second kappa shape index (κ2) is 9.22. The Balaban J connectivity index is 1.18. The summed E-state index contributed by atoms with van der Waals surface area (Å²) in [6, 6.07) is 18.6. The van der Waals surface area contributed by atoms with Gasteiger partial charge in [0.25, 0.3) is 23.4 Å². The molecular formula is C25H16N4O7. The van der Waals surface area contributed by atoms with Crippen molar-refractivity contribution in [3.05, 3.63) is 111 Å². The van der Waals surface area contributed by atoms with Gasteiger partial charge in [0.1, 0.15) is 0 Å². The fourth-order valence-electron chi connectivity index (χ4n) is 3.69. The van der Waals surface area contributed by atoms with E-state index in [1.165, 1.54) is 36.4 Å². The van der Waals surface area contributed by atoms with Gasteiger partial charge < -0.3 is 9.26 Å². The first-order chi connectivity index (χ1) is 17.4. The number of ether oxygens (including phenoxy) is 1. The van der Waals surface area contributed by atoms with Gasteiger partial charge in [0.05, 0.1) is 28.2 Å². The molecule has 11 nitrogen and oxygen atoms in total. The number of imide groups is 1. The van der Waals surface area contributed by atoms with Gasteiger partial charge in [0.2, 0.25) is 5.82 Å². The van der Waals surface area contributed by atoms with Crippen molar-refractivity contribution in [3.8, 4) is 11.4 Å². The lowest BCUT2D eigenvalue weighted by atomic mass is 10.1. The van der Waals surface area contributed by atoms with Crippen LogP contribution in [-0.4, -0.2) is 37.7 Å². The number of carbonyl (C=O) groups excluding carboxylic acids is 3. The minimum Gasteiger partial charge on any atom is -0.452 e. The predicted molar refractivity (Wildman–Crippen MR) is 123 cm³/mol. The molecule has 2 heterocycles. The maximum atomic E-state index is 12.5. The van der Waals surface area contributed by atoms with Crippen LogP contribution in [0.4, 0.5) is 5.69 Å². The van der Waals surface area contributed by atoms with Crippen LogP contribution in [0.1, 0.15) is 42.5 Å². The molecule has 178 valence electrons. The molecule has 1 aromatic heterocycles. The van der Waals surface area contributed by atoms with Gasteiger partial charge in [-0.25, -0.2) is 4.79 Å². The molecule has 0 spiro atoms. The molecule has 2 amide bonds. The fourth-order valence-corrected chi connectivity index (χ4v) is 3.69. The van der Waals surface area contributed by atoms with Crippen LogP contribution in [0.5, 0.6) is 0 Å². The molecule has 0 saturated carbocycles. The van der Waals surface area contributed by atoms with Crippen molar-refractivity contribution >= 4 is 23.5 Å². The highest BCUT2D eigenvalue weighted by atomic mass is 16.6. The van der Waals surface area contributed by atoms with Crippen LogP contribution >= 0.6 is 0 Å². The van der Waals surface area contributed by atoms with Gasteiger partial charge in [-0.05, 0) is 42.0 Å². The number of fused-ring (bicyclic) bond motifs is 1. The first kappa shape index (κ1) is 22.6. The summed E-state index contributed by atoms with van der Waals surface area (Å²) in [6.07, 6.45) is 0. The molecule has 11 heteroatoms. The topological polar surface area (TPSA) is 146 Å². The molecule has 0 atom stereocenters. The van der Waals surface area contributed by atoms with E-state index in [0.29, 0.717) is 22.3 Å². The van der Waals surface area contributed by atoms with Crippen LogP contribution in [0.2, 0.25) is 0 Å². The summed E-state index contributed by atoms with van der Waals surface area (Å²) in [5.74, 6) is -1.08. The normalized spacial score (nSPS) is 12.5. The summed E-state index contributed by atoms with van der Waals surface area (Å²) in [4.78, 5) is 53.0. The summed E-state index contributed by atoms with van der Waals surface area (Å²) in [5, 5.41) is 14.6. The van der Waals surface area contributed by atoms with Crippen LogP contribution < -0.4 is 0 Å². The fraction of sp³-hybridized carbons (Fsp3) is 0.0800. The van der Waals surface area contributed by atoms with Crippen molar-refractivity contribution in [3.63, 3.8) is 0 Å². The molecular weight excluding hydrogens is 468 g/mol. The second-order valence-electron chi connectivity index (χ2n) is 7.83. The molecule has 0 N–H and O–H groups in total. The number of carbonyl (C=O) groups is 3. The second-order valence-corrected chi connectivity index (χ2v) is 7.83. The highest BCUT2D eigenvalue weighted by molar-refractivity contribution is 6.21. The van der Waals surface area contributed by atoms with Gasteiger partial charge >= 0.3 is 5.97 Å². The number of nitrogens with zero attached hydrogens (tertiary/aromatic N) is 4. The lowest BCUT2D eigenvalue weighted by molar-refractivity contribution is -0.384. The average molecular weight is 484 g/mol. The molecule has 1 aliphatic rings. The van der Waals surface area contributed by atoms with Crippen molar-refractivity contribution < 1.29 is 28.6 Å². The standard InChI is InChI=1S/C25H16N4O7/c30-23-19-3-1-2-4-20(19)24(31)28(23)13-15-5-7-17(8-6-15)25(32)35-14-21-26-22(27-36-21)16-9-11-18(12-10-16)29(33)34/h1-12H,13-14H2. The molecule has 1 aliphatic heterocycles. The molecule has 0 unspecified atom stereocenters. The number of hydrogen-bond acceptors (Lipinski definition) is 9. The monoisotopic (exact) mass is 484 g/mol. The number of amides is 2. The van der Waals surface area contributed by atoms with Gasteiger partial charge in [0.15, 0.2) is 6.61 Å². The van der Waals surface area contributed by atoms with Crippen LogP contribution in [0.15, 0.2) is 77.3 Å². The highest BCUT2D eigenvalue weighted by Gasteiger charge is 2.34. The van der Waals surface area contributed by atoms with E-state index >= 15 is 0 Å². The van der Waals surface area contributed by atoms with E-state index in [1.54, 1.807) is 36.4 Å². The summed E-state index contributed by atoms with van der Waals surface area (Å²) in [6.45, 7) is -0.190. The van der Waals surface area contributed by atoms with Crippen LogP contribution in [0, 0.1) is 10.1 Å². The van der Waals surface area contributed by atoms with Crippen molar-refractivity contribution in [1.29, 1.82) is 0 Å². The van der Waals surface area contributed by atoms with Gasteiger partial charge in [-0.3, -0.25) is 24.6 Å². The van der Waals surface area contributed by atoms with E-state index in [1.807, 2.05) is 0 Å². The minimum atomic E-state index is -0.627. The van der Waals surface area contributed by atoms with Gasteiger partial charge in [0, 0.05) is 17.7 Å². The molecule has 0 fully saturated rings. The molecule has 36 heavy (non-hydrogen) atoms. The smallest absolute Gasteiger partial charge is 0.338 e. The summed E-state index contributed by atoms with van der Waals surface area (Å²) in [5.41, 5.74) is 2.13. The quantitative estimate of drug-likeness (QED) is 0.165. The Morgan fingerprint density at radius 3 is 2.19 bits per heavy atom. The van der Waals surface area contributed by atoms with Crippen molar-refractivity contribution in [2.24, 2.45) is 0 Å². The average Bonchev–Trinajstić information content (AvgIpc) is 3.47. The van der Waals surface area contributed by atoms with E-state index in [4.69, 9.17) is 9.26 Å². The molecule has 5 rings (SSSR count). The lowest BCUT2D eigenvalue weighted by Gasteiger charge is -2.14. The Morgan fingerprint density at radius 2 is 1.58 bits per heavy atom. The summed E-state index contributed by atoms with van der Waals surface area (Å²) >= 11 is 0. The number of rotatable bonds is 7. The maximum absolute atomic E-state index is 12.5. The minimum absolute atomic E-state index is 0.0546. The number of hydrogen-bond donors (Lipinski definition) is 0. The predicted octanol–water partition coefficient (Wildman–Crippen LogP) is 3.80. The SMILES string of the molecule is O=C(OCc1nc(-c2ccc([N+](=O)[O-])cc2)no1)c1ccc(CN2C(=O)c3ccccc3C2=O)cc1. The molecule has 4 aromatic rings. The zero-order chi connectivity index (χ0) is 25.2. The molecule has 0 radical (unpaired) electrons.